The van der Waals surface area contributed by atoms with Gasteiger partial charge in [0.1, 0.15) is 5.75 Å². The topological polar surface area (TPSA) is 52.0 Å². The van der Waals surface area contributed by atoms with Crippen LogP contribution in [0, 0.1) is 5.92 Å². The summed E-state index contributed by atoms with van der Waals surface area (Å²) < 4.78 is 7.20. The van der Waals surface area contributed by atoms with Gasteiger partial charge in [-0.1, -0.05) is 19.1 Å². The highest BCUT2D eigenvalue weighted by molar-refractivity contribution is 5.36. The van der Waals surface area contributed by atoms with Gasteiger partial charge >= 0.3 is 0 Å². The van der Waals surface area contributed by atoms with E-state index in [1.165, 1.54) is 0 Å². The predicted octanol–water partition coefficient (Wildman–Crippen LogP) is 2.41. The van der Waals surface area contributed by atoms with Crippen molar-refractivity contribution in [1.29, 1.82) is 0 Å². The molecule has 108 valence electrons. The van der Waals surface area contributed by atoms with Gasteiger partial charge in [0.2, 0.25) is 0 Å². The van der Waals surface area contributed by atoms with Crippen LogP contribution in [0.4, 0.5) is 0 Å². The highest BCUT2D eigenvalue weighted by Gasteiger charge is 2.03. The Bertz CT molecular complexity index is 519. The number of hydrogen-bond donors (Lipinski definition) is 1. The Morgan fingerprint density at radius 1 is 1.25 bits per heavy atom. The van der Waals surface area contributed by atoms with Crippen molar-refractivity contribution >= 4 is 0 Å². The van der Waals surface area contributed by atoms with Crippen LogP contribution >= 0.6 is 0 Å². The van der Waals surface area contributed by atoms with Crippen LogP contribution in [0.25, 0.3) is 5.69 Å². The van der Waals surface area contributed by atoms with Crippen LogP contribution in [-0.4, -0.2) is 28.1 Å². The first-order valence-electron chi connectivity index (χ1n) is 7.04. The predicted molar refractivity (Wildman–Crippen MR) is 79.1 cm³/mol. The smallest absolute Gasteiger partial charge is 0.119 e. The van der Waals surface area contributed by atoms with Gasteiger partial charge in [0, 0.05) is 6.54 Å². The van der Waals surface area contributed by atoms with Gasteiger partial charge in [0.05, 0.1) is 24.2 Å². The number of hydrogen-bond acceptors (Lipinski definition) is 4. The van der Waals surface area contributed by atoms with Gasteiger partial charge in [-0.2, -0.15) is 0 Å². The van der Waals surface area contributed by atoms with Gasteiger partial charge in [-0.3, -0.25) is 0 Å². The van der Waals surface area contributed by atoms with Crippen molar-refractivity contribution in [2.45, 2.75) is 27.3 Å². The van der Waals surface area contributed by atoms with Crippen LogP contribution in [0.5, 0.6) is 5.75 Å². The molecule has 0 fully saturated rings. The van der Waals surface area contributed by atoms with E-state index >= 15 is 0 Å². The van der Waals surface area contributed by atoms with Gasteiger partial charge in [-0.25, -0.2) is 4.68 Å². The lowest BCUT2D eigenvalue weighted by molar-refractivity contribution is 0.340. The fourth-order valence-electron chi connectivity index (χ4n) is 1.86. The van der Waals surface area contributed by atoms with Crippen molar-refractivity contribution < 1.29 is 4.74 Å². The molecule has 5 heteroatoms. The minimum atomic E-state index is 0.635. The zero-order chi connectivity index (χ0) is 14.4. The molecule has 0 saturated carbocycles. The van der Waals surface area contributed by atoms with Crippen molar-refractivity contribution in [3.63, 3.8) is 0 Å². The van der Waals surface area contributed by atoms with E-state index < -0.39 is 0 Å². The Balaban J connectivity index is 1.97. The molecule has 1 heterocycles. The second-order valence-electron chi connectivity index (χ2n) is 5.11. The lowest BCUT2D eigenvalue weighted by Crippen LogP contribution is -2.19. The molecule has 1 N–H and O–H groups in total. The summed E-state index contributed by atoms with van der Waals surface area (Å²) in [5.41, 5.74) is 1.93. The molecule has 0 aliphatic rings. The molecule has 0 unspecified atom stereocenters. The Kier molecular flexibility index (Phi) is 5.12. The zero-order valence-corrected chi connectivity index (χ0v) is 12.3. The Labute approximate surface area is 120 Å². The largest absolute Gasteiger partial charge is 0.494 e. The molecule has 0 amide bonds. The minimum absolute atomic E-state index is 0.635. The molecular formula is C15H22N4O. The molecule has 0 bridgehead atoms. The molecule has 0 atom stereocenters. The lowest BCUT2D eigenvalue weighted by atomic mass is 10.2. The van der Waals surface area contributed by atoms with Gasteiger partial charge in [0.25, 0.3) is 0 Å². The molecule has 1 aromatic heterocycles. The third-order valence-corrected chi connectivity index (χ3v) is 2.81. The quantitative estimate of drug-likeness (QED) is 0.842. The minimum Gasteiger partial charge on any atom is -0.494 e. The first kappa shape index (κ1) is 14.5. The molecule has 0 saturated heterocycles. The van der Waals surface area contributed by atoms with E-state index in [0.29, 0.717) is 12.5 Å². The summed E-state index contributed by atoms with van der Waals surface area (Å²) in [5.74, 6) is 1.51. The molecule has 0 spiro atoms. The second kappa shape index (κ2) is 7.05. The van der Waals surface area contributed by atoms with Crippen molar-refractivity contribution in [1.82, 2.24) is 20.3 Å². The fraction of sp³-hybridized carbons (Fsp3) is 0.467. The van der Waals surface area contributed by atoms with E-state index in [1.807, 2.05) is 37.4 Å². The van der Waals surface area contributed by atoms with E-state index in [1.54, 1.807) is 4.68 Å². The molecule has 5 nitrogen and oxygen atoms in total. The van der Waals surface area contributed by atoms with E-state index in [2.05, 4.69) is 29.5 Å². The average Bonchev–Trinajstić information content (AvgIpc) is 2.88. The summed E-state index contributed by atoms with van der Waals surface area (Å²) in [6.07, 6.45) is 1.95. The summed E-state index contributed by atoms with van der Waals surface area (Å²) >= 11 is 0. The lowest BCUT2D eigenvalue weighted by Gasteiger charge is -2.05. The maximum absolute atomic E-state index is 5.42. The third kappa shape index (κ3) is 4.06. The SMILES string of the molecule is CCOc1ccc(-n2cc(CNCC(C)C)nn2)cc1. The van der Waals surface area contributed by atoms with Crippen molar-refractivity contribution in [3.8, 4) is 11.4 Å². The molecular weight excluding hydrogens is 252 g/mol. The molecule has 2 rings (SSSR count). The van der Waals surface area contributed by atoms with Crippen molar-refractivity contribution in [2.75, 3.05) is 13.2 Å². The first-order chi connectivity index (χ1) is 9.69. The van der Waals surface area contributed by atoms with Crippen molar-refractivity contribution in [2.24, 2.45) is 5.92 Å². The van der Waals surface area contributed by atoms with E-state index in [0.717, 1.165) is 30.2 Å². The van der Waals surface area contributed by atoms with Gasteiger partial charge in [0.15, 0.2) is 0 Å². The summed E-state index contributed by atoms with van der Waals surface area (Å²) in [5, 5.41) is 11.7. The number of benzene rings is 1. The Morgan fingerprint density at radius 2 is 2.00 bits per heavy atom. The Morgan fingerprint density at radius 3 is 2.65 bits per heavy atom. The standard InChI is InChI=1S/C15H22N4O/c1-4-20-15-7-5-14(6-8-15)19-11-13(17-18-19)10-16-9-12(2)3/h5-8,11-12,16H,4,9-10H2,1-3H3. The highest BCUT2D eigenvalue weighted by Crippen LogP contribution is 2.14. The number of aromatic nitrogens is 3. The molecule has 20 heavy (non-hydrogen) atoms. The Hall–Kier alpha value is -1.88. The van der Waals surface area contributed by atoms with Gasteiger partial charge in [-0.15, -0.1) is 5.10 Å². The fourth-order valence-corrected chi connectivity index (χ4v) is 1.86. The van der Waals surface area contributed by atoms with Crippen LogP contribution in [0.1, 0.15) is 26.5 Å². The maximum atomic E-state index is 5.42. The number of rotatable bonds is 7. The summed E-state index contributed by atoms with van der Waals surface area (Å²) in [4.78, 5) is 0. The summed E-state index contributed by atoms with van der Waals surface area (Å²) in [6, 6.07) is 7.84. The van der Waals surface area contributed by atoms with Crippen LogP contribution in [0.15, 0.2) is 30.5 Å². The molecule has 1 aromatic carbocycles. The number of ether oxygens (including phenoxy) is 1. The summed E-state index contributed by atoms with van der Waals surface area (Å²) in [7, 11) is 0. The van der Waals surface area contributed by atoms with E-state index in [9.17, 15) is 0 Å². The normalized spacial score (nSPS) is 11.0. The monoisotopic (exact) mass is 274 g/mol. The van der Waals surface area contributed by atoms with Crippen LogP contribution in [0.2, 0.25) is 0 Å². The molecule has 2 aromatic rings. The van der Waals surface area contributed by atoms with Crippen LogP contribution < -0.4 is 10.1 Å². The summed E-state index contributed by atoms with van der Waals surface area (Å²) in [6.45, 7) is 8.74. The number of nitrogens with one attached hydrogen (secondary N) is 1. The molecule has 0 aliphatic carbocycles. The highest BCUT2D eigenvalue weighted by atomic mass is 16.5. The zero-order valence-electron chi connectivity index (χ0n) is 12.3. The molecule has 0 radical (unpaired) electrons. The maximum Gasteiger partial charge on any atom is 0.119 e. The number of nitrogens with zero attached hydrogens (tertiary/aromatic N) is 3. The molecule has 0 aliphatic heterocycles. The van der Waals surface area contributed by atoms with Crippen LogP contribution in [-0.2, 0) is 6.54 Å². The average molecular weight is 274 g/mol. The van der Waals surface area contributed by atoms with E-state index in [-0.39, 0.29) is 0 Å². The van der Waals surface area contributed by atoms with Gasteiger partial charge in [-0.05, 0) is 43.7 Å². The second-order valence-corrected chi connectivity index (χ2v) is 5.11. The third-order valence-electron chi connectivity index (χ3n) is 2.81. The first-order valence-corrected chi connectivity index (χ1v) is 7.04. The van der Waals surface area contributed by atoms with Gasteiger partial charge < -0.3 is 10.1 Å². The van der Waals surface area contributed by atoms with Crippen molar-refractivity contribution in [3.05, 3.63) is 36.2 Å². The van der Waals surface area contributed by atoms with Crippen LogP contribution in [0.3, 0.4) is 0 Å². The van der Waals surface area contributed by atoms with E-state index in [4.69, 9.17) is 4.74 Å².